The van der Waals surface area contributed by atoms with Gasteiger partial charge in [-0.2, -0.15) is 5.26 Å². The Balaban J connectivity index is 1.48. The summed E-state index contributed by atoms with van der Waals surface area (Å²) in [6.07, 6.45) is 1.53. The highest BCUT2D eigenvalue weighted by atomic mass is 16.2. The maximum absolute atomic E-state index is 12.6. The summed E-state index contributed by atoms with van der Waals surface area (Å²) >= 11 is 0. The molecule has 3 rings (SSSR count). The maximum Gasteiger partial charge on any atom is 0.242 e. The summed E-state index contributed by atoms with van der Waals surface area (Å²) in [5, 5.41) is 8.84. The van der Waals surface area contributed by atoms with Crippen LogP contribution in [0.2, 0.25) is 0 Å². The molecule has 0 unspecified atom stereocenters. The van der Waals surface area contributed by atoms with E-state index < -0.39 is 0 Å². The number of carbonyl (C=O) groups excluding carboxylic acids is 1. The molecule has 27 heavy (non-hydrogen) atoms. The average molecular weight is 363 g/mol. The van der Waals surface area contributed by atoms with Gasteiger partial charge in [-0.1, -0.05) is 29.8 Å². The van der Waals surface area contributed by atoms with Crippen LogP contribution in [0.4, 0.5) is 5.82 Å². The van der Waals surface area contributed by atoms with Crippen molar-refractivity contribution in [3.05, 3.63) is 59.3 Å². The number of hydrogen-bond donors (Lipinski definition) is 0. The average Bonchev–Trinajstić information content (AvgIpc) is 2.68. The fraction of sp³-hybridized carbons (Fsp3) is 0.381. The molecule has 2 aromatic rings. The zero-order valence-corrected chi connectivity index (χ0v) is 15.9. The number of benzene rings is 1. The van der Waals surface area contributed by atoms with Crippen LogP contribution in [0.3, 0.4) is 0 Å². The van der Waals surface area contributed by atoms with Gasteiger partial charge in [-0.25, -0.2) is 4.98 Å². The minimum Gasteiger partial charge on any atom is -0.350 e. The molecule has 2 heterocycles. The fourth-order valence-electron chi connectivity index (χ4n) is 3.29. The van der Waals surface area contributed by atoms with Crippen molar-refractivity contribution in [3.8, 4) is 6.07 Å². The summed E-state index contributed by atoms with van der Waals surface area (Å²) in [5.41, 5.74) is 3.12. The van der Waals surface area contributed by atoms with Crippen molar-refractivity contribution in [2.45, 2.75) is 13.5 Å². The lowest BCUT2D eigenvalue weighted by Crippen LogP contribution is -2.50. The minimum atomic E-state index is 0.110. The molecule has 0 radical (unpaired) electrons. The third-order valence-electron chi connectivity index (χ3n) is 4.85. The first-order valence-corrected chi connectivity index (χ1v) is 9.18. The first-order chi connectivity index (χ1) is 13.0. The number of rotatable bonds is 5. The van der Waals surface area contributed by atoms with Gasteiger partial charge in [0.05, 0.1) is 12.1 Å². The molecule has 1 aromatic carbocycles. The minimum absolute atomic E-state index is 0.110. The highest BCUT2D eigenvalue weighted by Crippen LogP contribution is 2.12. The van der Waals surface area contributed by atoms with Gasteiger partial charge in [0.15, 0.2) is 0 Å². The summed E-state index contributed by atoms with van der Waals surface area (Å²) in [5.74, 6) is 0.805. The van der Waals surface area contributed by atoms with Gasteiger partial charge in [0.25, 0.3) is 0 Å². The Bertz CT molecular complexity index is 819. The van der Waals surface area contributed by atoms with Gasteiger partial charge >= 0.3 is 0 Å². The number of anilines is 1. The number of nitriles is 1. The molecule has 6 heteroatoms. The van der Waals surface area contributed by atoms with Crippen LogP contribution < -0.4 is 4.90 Å². The van der Waals surface area contributed by atoms with Crippen LogP contribution in [-0.2, 0) is 11.3 Å². The Morgan fingerprint density at radius 1 is 1.22 bits per heavy atom. The number of carbonyl (C=O) groups is 1. The number of likely N-dealkylation sites (N-methyl/N-ethyl adjacent to an activating group) is 1. The molecular weight excluding hydrogens is 338 g/mol. The second kappa shape index (κ2) is 8.65. The molecule has 0 aliphatic carbocycles. The molecule has 0 spiro atoms. The summed E-state index contributed by atoms with van der Waals surface area (Å²) in [6, 6.07) is 14.1. The molecule has 1 aliphatic rings. The van der Waals surface area contributed by atoms with E-state index in [9.17, 15) is 4.79 Å². The third kappa shape index (κ3) is 5.05. The van der Waals surface area contributed by atoms with E-state index in [2.05, 4.69) is 41.1 Å². The van der Waals surface area contributed by atoms with E-state index in [-0.39, 0.29) is 12.5 Å². The van der Waals surface area contributed by atoms with Crippen LogP contribution in [-0.4, -0.2) is 60.5 Å². The van der Waals surface area contributed by atoms with Gasteiger partial charge < -0.3 is 9.80 Å². The second-order valence-corrected chi connectivity index (χ2v) is 7.02. The number of nitrogens with zero attached hydrogens (tertiary/aromatic N) is 5. The molecule has 1 aliphatic heterocycles. The van der Waals surface area contributed by atoms with Crippen LogP contribution in [0, 0.1) is 18.3 Å². The quantitative estimate of drug-likeness (QED) is 0.813. The summed E-state index contributed by atoms with van der Waals surface area (Å²) in [7, 11) is 1.85. The first-order valence-electron chi connectivity index (χ1n) is 9.18. The number of piperazine rings is 1. The third-order valence-corrected chi connectivity index (χ3v) is 4.85. The van der Waals surface area contributed by atoms with E-state index in [0.29, 0.717) is 11.4 Å². The van der Waals surface area contributed by atoms with E-state index >= 15 is 0 Å². The van der Waals surface area contributed by atoms with Gasteiger partial charge in [-0.3, -0.25) is 9.69 Å². The molecule has 1 saturated heterocycles. The first kappa shape index (κ1) is 18.9. The molecule has 1 fully saturated rings. The van der Waals surface area contributed by atoms with Crippen molar-refractivity contribution in [3.63, 3.8) is 0 Å². The molecular formula is C21H25N5O. The van der Waals surface area contributed by atoms with Crippen molar-refractivity contribution in [2.24, 2.45) is 0 Å². The predicted molar refractivity (Wildman–Crippen MR) is 105 cm³/mol. The highest BCUT2D eigenvalue weighted by Gasteiger charge is 2.22. The molecule has 6 nitrogen and oxygen atoms in total. The lowest BCUT2D eigenvalue weighted by atomic mass is 10.1. The standard InChI is InChI=1S/C21H25N5O/c1-17-4-3-5-18(12-17)15-25-8-10-26(11-9-25)21(27)16-24(2)20-7-6-19(13-22)14-23-20/h3-7,12,14H,8-11,15-16H2,1-2H3. The van der Waals surface area contributed by atoms with E-state index in [1.807, 2.05) is 22.9 Å². The van der Waals surface area contributed by atoms with Crippen molar-refractivity contribution < 1.29 is 4.79 Å². The smallest absolute Gasteiger partial charge is 0.242 e. The van der Waals surface area contributed by atoms with Crippen LogP contribution in [0.15, 0.2) is 42.6 Å². The summed E-state index contributed by atoms with van der Waals surface area (Å²) in [4.78, 5) is 23.0. The highest BCUT2D eigenvalue weighted by molar-refractivity contribution is 5.81. The van der Waals surface area contributed by atoms with Crippen LogP contribution in [0.5, 0.6) is 0 Å². The van der Waals surface area contributed by atoms with E-state index in [1.54, 1.807) is 12.1 Å². The van der Waals surface area contributed by atoms with E-state index in [0.717, 1.165) is 32.7 Å². The Hall–Kier alpha value is -2.91. The van der Waals surface area contributed by atoms with Gasteiger partial charge in [0.1, 0.15) is 11.9 Å². The maximum atomic E-state index is 12.6. The van der Waals surface area contributed by atoms with Crippen molar-refractivity contribution in [1.29, 1.82) is 5.26 Å². The lowest BCUT2D eigenvalue weighted by molar-refractivity contribution is -0.131. The van der Waals surface area contributed by atoms with Gasteiger partial charge in [-0.05, 0) is 24.6 Å². The molecule has 0 bridgehead atoms. The van der Waals surface area contributed by atoms with E-state index in [4.69, 9.17) is 5.26 Å². The van der Waals surface area contributed by atoms with Crippen LogP contribution in [0.1, 0.15) is 16.7 Å². The number of aromatic nitrogens is 1. The van der Waals surface area contributed by atoms with Crippen molar-refractivity contribution >= 4 is 11.7 Å². The molecule has 1 amide bonds. The monoisotopic (exact) mass is 363 g/mol. The van der Waals surface area contributed by atoms with Crippen molar-refractivity contribution in [2.75, 3.05) is 44.7 Å². The second-order valence-electron chi connectivity index (χ2n) is 7.02. The lowest BCUT2D eigenvalue weighted by Gasteiger charge is -2.35. The molecule has 0 saturated carbocycles. The summed E-state index contributed by atoms with van der Waals surface area (Å²) < 4.78 is 0. The number of aryl methyl sites for hydroxylation is 1. The Morgan fingerprint density at radius 2 is 2.00 bits per heavy atom. The van der Waals surface area contributed by atoms with E-state index in [1.165, 1.54) is 17.3 Å². The van der Waals surface area contributed by atoms with Gasteiger partial charge in [0.2, 0.25) is 5.91 Å². The Labute approximate surface area is 160 Å². The molecule has 0 N–H and O–H groups in total. The summed E-state index contributed by atoms with van der Waals surface area (Å²) in [6.45, 7) is 6.60. The van der Waals surface area contributed by atoms with Gasteiger partial charge in [0, 0.05) is 46.0 Å². The van der Waals surface area contributed by atoms with Crippen molar-refractivity contribution in [1.82, 2.24) is 14.8 Å². The Kier molecular flexibility index (Phi) is 6.05. The largest absolute Gasteiger partial charge is 0.350 e. The van der Waals surface area contributed by atoms with Gasteiger partial charge in [-0.15, -0.1) is 0 Å². The Morgan fingerprint density at radius 3 is 2.63 bits per heavy atom. The van der Waals surface area contributed by atoms with Crippen LogP contribution >= 0.6 is 0 Å². The topological polar surface area (TPSA) is 63.5 Å². The molecule has 0 atom stereocenters. The number of amides is 1. The van der Waals surface area contributed by atoms with Crippen LogP contribution in [0.25, 0.3) is 0 Å². The normalized spacial score (nSPS) is 14.6. The predicted octanol–water partition coefficient (Wildman–Crippen LogP) is 2.04. The fourth-order valence-corrected chi connectivity index (χ4v) is 3.29. The molecule has 140 valence electrons. The molecule has 1 aromatic heterocycles. The zero-order valence-electron chi connectivity index (χ0n) is 15.9. The zero-order chi connectivity index (χ0) is 19.2. The number of pyridine rings is 1. The number of hydrogen-bond acceptors (Lipinski definition) is 5. The SMILES string of the molecule is Cc1cccc(CN2CCN(C(=O)CN(C)c3ccc(C#N)cn3)CC2)c1.